The van der Waals surface area contributed by atoms with Gasteiger partial charge in [-0.2, -0.15) is 23.1 Å². The summed E-state index contributed by atoms with van der Waals surface area (Å²) >= 11 is 0. The average Bonchev–Trinajstić information content (AvgIpc) is 3.76. The number of phenols is 1. The molecule has 2 aromatic carbocycles. The van der Waals surface area contributed by atoms with E-state index in [2.05, 4.69) is 26.2 Å². The molecule has 4 fully saturated rings. The highest BCUT2D eigenvalue weighted by atomic mass is 19.4. The van der Waals surface area contributed by atoms with Crippen LogP contribution < -0.4 is 20.3 Å². The van der Waals surface area contributed by atoms with Gasteiger partial charge in [0, 0.05) is 43.0 Å². The normalized spacial score (nSPS) is 24.4. The molecule has 2 unspecified atom stereocenters. The van der Waals surface area contributed by atoms with Crippen LogP contribution in [0.1, 0.15) is 48.2 Å². The molecule has 0 aliphatic carbocycles. The minimum absolute atomic E-state index is 0.00882. The molecular formula is C37H35F6N7O3. The standard InChI is InChI=1S/C37H35F6N7O3/c1-2-24-26(39)5-4-20-11-23(51)12-25(27(20)24)30-29(40)31-28(32(46-30)34(52)45-17-37(41,42)43)33(49-9-6-19-10-22(16-49)44-14-19)48-35(47-31)53-18-36-7-3-8-50(36)15-21(38)13-36/h1,4-5,11-12,19,21-22,44,51H,3,6-10,13-18H2,(H,45,52)/t19?,21-,22?,36+/m1/s1. The fraction of sp³-hybridized carbons (Fsp3) is 0.459. The zero-order valence-corrected chi connectivity index (χ0v) is 28.4. The van der Waals surface area contributed by atoms with Gasteiger partial charge in [-0.15, -0.1) is 6.42 Å². The Morgan fingerprint density at radius 3 is 2.77 bits per heavy atom. The second-order valence-electron chi connectivity index (χ2n) is 14.4. The Balaban J connectivity index is 1.36. The molecule has 278 valence electrons. The number of phenolic OH excluding ortho intramolecular Hbond substituents is 1. The predicted molar refractivity (Wildman–Crippen MR) is 183 cm³/mol. The number of rotatable bonds is 7. The van der Waals surface area contributed by atoms with E-state index < -0.39 is 58.9 Å². The number of hydrogen-bond acceptors (Lipinski definition) is 9. The molecule has 3 N–H and O–H groups in total. The summed E-state index contributed by atoms with van der Waals surface area (Å²) in [4.78, 5) is 31.0. The predicted octanol–water partition coefficient (Wildman–Crippen LogP) is 5.25. The summed E-state index contributed by atoms with van der Waals surface area (Å²) in [5.41, 5.74) is -2.89. The van der Waals surface area contributed by atoms with Crippen molar-refractivity contribution in [1.82, 2.24) is 30.5 Å². The third-order valence-corrected chi connectivity index (χ3v) is 11.0. The summed E-state index contributed by atoms with van der Waals surface area (Å²) in [5.74, 6) is -1.03. The van der Waals surface area contributed by atoms with E-state index in [-0.39, 0.29) is 70.5 Å². The highest BCUT2D eigenvalue weighted by Crippen LogP contribution is 2.43. The summed E-state index contributed by atoms with van der Waals surface area (Å²) in [6.07, 6.45) is 3.13. The molecule has 4 aliphatic heterocycles. The lowest BCUT2D eigenvalue weighted by atomic mass is 9.95. The molecule has 8 rings (SSSR count). The fourth-order valence-electron chi connectivity index (χ4n) is 8.58. The maximum absolute atomic E-state index is 17.3. The van der Waals surface area contributed by atoms with Gasteiger partial charge in [0.25, 0.3) is 5.91 Å². The van der Waals surface area contributed by atoms with Crippen LogP contribution >= 0.6 is 0 Å². The number of fused-ring (bicyclic) bond motifs is 5. The highest BCUT2D eigenvalue weighted by molar-refractivity contribution is 6.11. The lowest BCUT2D eigenvalue weighted by Gasteiger charge is -2.31. The Morgan fingerprint density at radius 2 is 1.98 bits per heavy atom. The van der Waals surface area contributed by atoms with Crippen molar-refractivity contribution in [3.63, 3.8) is 0 Å². The van der Waals surface area contributed by atoms with Crippen LogP contribution in [0.3, 0.4) is 0 Å². The van der Waals surface area contributed by atoms with Crippen LogP contribution in [-0.4, -0.2) is 101 Å². The molecule has 2 aromatic heterocycles. The number of ether oxygens (including phenoxy) is 1. The minimum Gasteiger partial charge on any atom is -0.508 e. The second kappa shape index (κ2) is 13.2. The third kappa shape index (κ3) is 6.43. The number of benzene rings is 2. The van der Waals surface area contributed by atoms with Crippen molar-refractivity contribution in [3.05, 3.63) is 47.2 Å². The van der Waals surface area contributed by atoms with E-state index in [1.165, 1.54) is 12.1 Å². The number of terminal acetylenes is 1. The van der Waals surface area contributed by atoms with Crippen LogP contribution in [0.25, 0.3) is 32.9 Å². The zero-order chi connectivity index (χ0) is 37.2. The van der Waals surface area contributed by atoms with Crippen molar-refractivity contribution in [2.45, 2.75) is 56.0 Å². The maximum Gasteiger partial charge on any atom is 0.405 e. The Hall–Kier alpha value is -4.88. The molecule has 0 radical (unpaired) electrons. The SMILES string of the molecule is C#Cc1c(F)ccc2cc(O)cc(-c3nc(C(=O)NCC(F)(F)F)c4c(N5CCC6CNC(C6)C5)nc(OC[C@@]56CCCN5C[C@H](F)C6)nc4c3F)c12. The molecule has 4 aliphatic rings. The largest absolute Gasteiger partial charge is 0.508 e. The number of nitrogens with zero attached hydrogens (tertiary/aromatic N) is 5. The average molecular weight is 740 g/mol. The molecule has 4 saturated heterocycles. The summed E-state index contributed by atoms with van der Waals surface area (Å²) in [6, 6.07) is 4.47. The minimum atomic E-state index is -4.79. The van der Waals surface area contributed by atoms with E-state index in [1.54, 1.807) is 0 Å². The van der Waals surface area contributed by atoms with Crippen molar-refractivity contribution >= 4 is 33.4 Å². The Bertz CT molecular complexity index is 2180. The summed E-state index contributed by atoms with van der Waals surface area (Å²) in [7, 11) is 0. The van der Waals surface area contributed by atoms with Crippen LogP contribution in [0.5, 0.6) is 11.8 Å². The molecule has 4 aromatic rings. The van der Waals surface area contributed by atoms with Crippen molar-refractivity contribution in [2.75, 3.05) is 50.8 Å². The second-order valence-corrected chi connectivity index (χ2v) is 14.4. The molecule has 0 spiro atoms. The molecule has 4 atom stereocenters. The topological polar surface area (TPSA) is 116 Å². The number of carbonyl (C=O) groups is 1. The molecular weight excluding hydrogens is 704 g/mol. The van der Waals surface area contributed by atoms with E-state index in [9.17, 15) is 27.5 Å². The van der Waals surface area contributed by atoms with Crippen LogP contribution in [0, 0.1) is 29.9 Å². The number of aromatic nitrogens is 3. The fourth-order valence-corrected chi connectivity index (χ4v) is 8.58. The maximum atomic E-state index is 17.3. The Morgan fingerprint density at radius 1 is 1.15 bits per heavy atom. The first-order valence-corrected chi connectivity index (χ1v) is 17.5. The van der Waals surface area contributed by atoms with Gasteiger partial charge in [0.15, 0.2) is 5.82 Å². The summed E-state index contributed by atoms with van der Waals surface area (Å²) in [5, 5.41) is 15.9. The van der Waals surface area contributed by atoms with Gasteiger partial charge < -0.3 is 25.4 Å². The third-order valence-electron chi connectivity index (χ3n) is 11.0. The molecule has 0 saturated carbocycles. The number of alkyl halides is 4. The van der Waals surface area contributed by atoms with Crippen LogP contribution in [0.4, 0.5) is 32.2 Å². The van der Waals surface area contributed by atoms with Crippen LogP contribution in [0.15, 0.2) is 24.3 Å². The molecule has 2 bridgehead atoms. The smallest absolute Gasteiger partial charge is 0.405 e. The van der Waals surface area contributed by atoms with Gasteiger partial charge in [0.2, 0.25) is 0 Å². The van der Waals surface area contributed by atoms with Crippen molar-refractivity contribution in [3.8, 4) is 35.4 Å². The van der Waals surface area contributed by atoms with E-state index in [1.807, 2.05) is 15.1 Å². The number of nitrogens with one attached hydrogen (secondary N) is 2. The zero-order valence-electron chi connectivity index (χ0n) is 28.4. The van der Waals surface area contributed by atoms with Gasteiger partial charge in [-0.05, 0) is 68.3 Å². The molecule has 53 heavy (non-hydrogen) atoms. The van der Waals surface area contributed by atoms with E-state index in [0.717, 1.165) is 31.5 Å². The lowest BCUT2D eigenvalue weighted by molar-refractivity contribution is -0.123. The van der Waals surface area contributed by atoms with E-state index >= 15 is 8.78 Å². The van der Waals surface area contributed by atoms with Crippen LogP contribution in [0.2, 0.25) is 0 Å². The van der Waals surface area contributed by atoms with E-state index in [0.29, 0.717) is 38.4 Å². The van der Waals surface area contributed by atoms with Crippen molar-refractivity contribution < 1.29 is 41.0 Å². The number of halogens is 6. The van der Waals surface area contributed by atoms with Gasteiger partial charge in [0.1, 0.15) is 53.6 Å². The quantitative estimate of drug-likeness (QED) is 0.173. The van der Waals surface area contributed by atoms with Crippen molar-refractivity contribution in [1.29, 1.82) is 0 Å². The van der Waals surface area contributed by atoms with Gasteiger partial charge >= 0.3 is 12.2 Å². The Kier molecular flexibility index (Phi) is 8.76. The summed E-state index contributed by atoms with van der Waals surface area (Å²) < 4.78 is 93.4. The van der Waals surface area contributed by atoms with Gasteiger partial charge in [-0.25, -0.2) is 18.2 Å². The first-order chi connectivity index (χ1) is 25.3. The lowest BCUT2D eigenvalue weighted by Crippen LogP contribution is -2.43. The number of hydrogen-bond donors (Lipinski definition) is 3. The number of amides is 1. The molecule has 1 amide bonds. The highest BCUT2D eigenvalue weighted by Gasteiger charge is 2.49. The van der Waals surface area contributed by atoms with Gasteiger partial charge in [-0.3, -0.25) is 9.69 Å². The van der Waals surface area contributed by atoms with E-state index in [4.69, 9.17) is 11.2 Å². The number of pyridine rings is 1. The Labute approximate surface area is 299 Å². The summed E-state index contributed by atoms with van der Waals surface area (Å²) in [6.45, 7) is 0.832. The number of aromatic hydroxyl groups is 1. The monoisotopic (exact) mass is 739 g/mol. The first-order valence-electron chi connectivity index (χ1n) is 17.5. The molecule has 6 heterocycles. The van der Waals surface area contributed by atoms with Crippen LogP contribution in [-0.2, 0) is 0 Å². The number of anilines is 1. The van der Waals surface area contributed by atoms with Gasteiger partial charge in [0.05, 0.1) is 16.5 Å². The van der Waals surface area contributed by atoms with Crippen molar-refractivity contribution in [2.24, 2.45) is 5.92 Å². The first kappa shape index (κ1) is 35.2. The van der Waals surface area contributed by atoms with Gasteiger partial charge in [-0.1, -0.05) is 12.0 Å². The molecule has 10 nitrogen and oxygen atoms in total. The number of carbonyl (C=O) groups excluding carboxylic acids is 1. The molecule has 16 heteroatoms.